The smallest absolute Gasteiger partial charge is 0.291 e. The minimum atomic E-state index is -2.32. The third kappa shape index (κ3) is 4.08. The van der Waals surface area contributed by atoms with E-state index in [4.69, 9.17) is 9.15 Å². The highest BCUT2D eigenvalue weighted by atomic mass is 19.2. The maximum Gasteiger partial charge on any atom is 0.291 e. The zero-order valence-electron chi connectivity index (χ0n) is 15.2. The van der Waals surface area contributed by atoms with Gasteiger partial charge in [-0.3, -0.25) is 4.79 Å². The monoisotopic (exact) mass is 411 g/mol. The Morgan fingerprint density at radius 3 is 2.21 bits per heavy atom. The van der Waals surface area contributed by atoms with Crippen molar-refractivity contribution in [2.24, 2.45) is 0 Å². The number of amides is 1. The molecule has 0 saturated heterocycles. The first-order valence-corrected chi connectivity index (χ1v) is 8.30. The molecule has 3 rings (SSSR count). The molecule has 152 valence electrons. The number of aryl methyl sites for hydroxylation is 2. The van der Waals surface area contributed by atoms with Crippen LogP contribution in [0.15, 0.2) is 34.7 Å². The van der Waals surface area contributed by atoms with Crippen LogP contribution in [0.1, 0.15) is 27.4 Å². The van der Waals surface area contributed by atoms with E-state index in [1.807, 2.05) is 32.0 Å². The molecule has 0 aliphatic carbocycles. The van der Waals surface area contributed by atoms with Crippen molar-refractivity contribution in [2.75, 3.05) is 5.32 Å². The van der Waals surface area contributed by atoms with Gasteiger partial charge in [-0.1, -0.05) is 12.1 Å². The number of hydrogen-bond donors (Lipinski definition) is 1. The summed E-state index contributed by atoms with van der Waals surface area (Å²) in [7, 11) is 0. The number of halogens is 5. The number of anilines is 1. The van der Waals surface area contributed by atoms with Gasteiger partial charge in [-0.05, 0) is 43.2 Å². The third-order valence-electron chi connectivity index (χ3n) is 4.05. The van der Waals surface area contributed by atoms with E-state index in [0.29, 0.717) is 5.75 Å². The van der Waals surface area contributed by atoms with Crippen molar-refractivity contribution < 1.29 is 35.9 Å². The molecular weight excluding hydrogens is 397 g/mol. The van der Waals surface area contributed by atoms with Crippen LogP contribution in [0.2, 0.25) is 0 Å². The molecule has 1 N–H and O–H groups in total. The summed E-state index contributed by atoms with van der Waals surface area (Å²) in [4.78, 5) is 12.1. The van der Waals surface area contributed by atoms with Crippen molar-refractivity contribution >= 4 is 11.6 Å². The lowest BCUT2D eigenvalue weighted by atomic mass is 10.1. The largest absolute Gasteiger partial charge is 0.485 e. The fourth-order valence-corrected chi connectivity index (χ4v) is 2.48. The summed E-state index contributed by atoms with van der Waals surface area (Å²) in [6.07, 6.45) is 0. The molecule has 4 nitrogen and oxygen atoms in total. The van der Waals surface area contributed by atoms with Gasteiger partial charge in [0, 0.05) is 0 Å². The quantitative estimate of drug-likeness (QED) is 0.346. The molecule has 1 amide bonds. The summed E-state index contributed by atoms with van der Waals surface area (Å²) in [5.41, 5.74) is 0.398. The molecule has 1 heterocycles. The molecule has 0 aliphatic heterocycles. The molecule has 0 fully saturated rings. The van der Waals surface area contributed by atoms with Crippen molar-refractivity contribution in [3.05, 3.63) is 82.1 Å². The van der Waals surface area contributed by atoms with Crippen LogP contribution in [-0.4, -0.2) is 5.91 Å². The van der Waals surface area contributed by atoms with Crippen molar-refractivity contribution in [2.45, 2.75) is 20.5 Å². The molecule has 2 aromatic carbocycles. The van der Waals surface area contributed by atoms with Gasteiger partial charge in [0.2, 0.25) is 5.82 Å². The van der Waals surface area contributed by atoms with E-state index in [-0.39, 0.29) is 12.4 Å². The van der Waals surface area contributed by atoms with Crippen molar-refractivity contribution in [1.29, 1.82) is 0 Å². The number of nitrogens with one attached hydrogen (secondary N) is 1. The highest BCUT2D eigenvalue weighted by Gasteiger charge is 2.27. The van der Waals surface area contributed by atoms with Gasteiger partial charge < -0.3 is 14.5 Å². The summed E-state index contributed by atoms with van der Waals surface area (Å²) in [5, 5.41) is 1.64. The lowest BCUT2D eigenvalue weighted by Gasteiger charge is -2.09. The van der Waals surface area contributed by atoms with Gasteiger partial charge in [0.05, 0.1) is 0 Å². The van der Waals surface area contributed by atoms with Crippen LogP contribution in [0.4, 0.5) is 27.6 Å². The van der Waals surface area contributed by atoms with Crippen molar-refractivity contribution in [3.8, 4) is 5.75 Å². The summed E-state index contributed by atoms with van der Waals surface area (Å²) < 4.78 is 77.7. The van der Waals surface area contributed by atoms with Gasteiger partial charge in [0.25, 0.3) is 5.91 Å². The van der Waals surface area contributed by atoms with Gasteiger partial charge in [0.1, 0.15) is 23.8 Å². The van der Waals surface area contributed by atoms with Gasteiger partial charge >= 0.3 is 0 Å². The molecule has 0 spiro atoms. The van der Waals surface area contributed by atoms with E-state index in [9.17, 15) is 26.7 Å². The van der Waals surface area contributed by atoms with Crippen LogP contribution < -0.4 is 10.1 Å². The second kappa shape index (κ2) is 7.94. The Morgan fingerprint density at radius 1 is 0.931 bits per heavy atom. The molecule has 29 heavy (non-hydrogen) atoms. The average molecular weight is 411 g/mol. The lowest BCUT2D eigenvalue weighted by molar-refractivity contribution is 0.0991. The first-order valence-electron chi connectivity index (χ1n) is 8.30. The third-order valence-corrected chi connectivity index (χ3v) is 4.05. The number of ether oxygens (including phenoxy) is 1. The molecule has 0 bridgehead atoms. The Morgan fingerprint density at radius 2 is 1.55 bits per heavy atom. The van der Waals surface area contributed by atoms with Crippen LogP contribution in [-0.2, 0) is 6.61 Å². The minimum absolute atomic E-state index is 0.0416. The van der Waals surface area contributed by atoms with Gasteiger partial charge in [-0.15, -0.1) is 0 Å². The van der Waals surface area contributed by atoms with Crippen molar-refractivity contribution in [3.63, 3.8) is 0 Å². The fourth-order valence-electron chi connectivity index (χ4n) is 2.48. The Kier molecular flexibility index (Phi) is 5.58. The summed E-state index contributed by atoms with van der Waals surface area (Å²) in [6.45, 7) is 3.70. The van der Waals surface area contributed by atoms with E-state index in [1.54, 1.807) is 5.32 Å². The Labute approximate surface area is 161 Å². The molecule has 1 aromatic heterocycles. The minimum Gasteiger partial charge on any atom is -0.485 e. The SMILES string of the molecule is Cc1ccc(C)c(OCc2ccc(C(=O)Nc3c(F)c(F)c(F)c(F)c3F)o2)c1. The van der Waals surface area contributed by atoms with Crippen LogP contribution >= 0.6 is 0 Å². The second-order valence-electron chi connectivity index (χ2n) is 6.22. The highest BCUT2D eigenvalue weighted by Crippen LogP contribution is 2.28. The number of furan rings is 1. The zero-order chi connectivity index (χ0) is 21.3. The topological polar surface area (TPSA) is 51.5 Å². The molecule has 9 heteroatoms. The Bertz CT molecular complexity index is 1060. The van der Waals surface area contributed by atoms with Gasteiger partial charge in [-0.2, -0.15) is 0 Å². The number of hydrogen-bond acceptors (Lipinski definition) is 3. The van der Waals surface area contributed by atoms with Gasteiger partial charge in [-0.25, -0.2) is 22.0 Å². The predicted octanol–water partition coefficient (Wildman–Crippen LogP) is 5.42. The van der Waals surface area contributed by atoms with E-state index < -0.39 is 46.4 Å². The van der Waals surface area contributed by atoms with Crippen LogP contribution in [0, 0.1) is 42.9 Å². The first kappa shape index (κ1) is 20.4. The Hall–Kier alpha value is -3.36. The van der Waals surface area contributed by atoms with E-state index >= 15 is 0 Å². The van der Waals surface area contributed by atoms with Crippen LogP contribution in [0.25, 0.3) is 0 Å². The maximum atomic E-state index is 13.7. The van der Waals surface area contributed by atoms with Gasteiger partial charge in [0.15, 0.2) is 29.0 Å². The summed E-state index contributed by atoms with van der Waals surface area (Å²) >= 11 is 0. The highest BCUT2D eigenvalue weighted by molar-refractivity contribution is 6.02. The number of rotatable bonds is 5. The van der Waals surface area contributed by atoms with E-state index in [1.165, 1.54) is 12.1 Å². The maximum absolute atomic E-state index is 13.7. The molecule has 0 atom stereocenters. The zero-order valence-corrected chi connectivity index (χ0v) is 15.2. The summed E-state index contributed by atoms with van der Waals surface area (Å²) in [6, 6.07) is 8.17. The van der Waals surface area contributed by atoms with Crippen LogP contribution in [0.5, 0.6) is 5.75 Å². The Balaban J connectivity index is 1.74. The standard InChI is InChI=1S/C20H14F5NO3/c1-9-3-4-10(2)13(7-9)28-8-11-5-6-12(29-11)20(27)26-19-17(24)15(22)14(21)16(23)18(19)25/h3-7H,8H2,1-2H3,(H,26,27). The number of benzene rings is 2. The van der Waals surface area contributed by atoms with Crippen LogP contribution in [0.3, 0.4) is 0 Å². The lowest BCUT2D eigenvalue weighted by Crippen LogP contribution is -2.16. The average Bonchev–Trinajstić information content (AvgIpc) is 3.18. The molecule has 3 aromatic rings. The molecule has 0 unspecified atom stereocenters. The van der Waals surface area contributed by atoms with E-state index in [0.717, 1.165) is 11.1 Å². The molecular formula is C20H14F5NO3. The molecule has 0 saturated carbocycles. The summed E-state index contributed by atoms with van der Waals surface area (Å²) in [5.74, 6) is -11.7. The fraction of sp³-hybridized carbons (Fsp3) is 0.150. The second-order valence-corrected chi connectivity index (χ2v) is 6.22. The van der Waals surface area contributed by atoms with Crippen molar-refractivity contribution in [1.82, 2.24) is 0 Å². The normalized spacial score (nSPS) is 10.9. The number of carbonyl (C=O) groups is 1. The molecule has 0 aliphatic rings. The number of carbonyl (C=O) groups excluding carboxylic acids is 1. The molecule has 0 radical (unpaired) electrons. The van der Waals surface area contributed by atoms with E-state index in [2.05, 4.69) is 0 Å². The predicted molar refractivity (Wildman–Crippen MR) is 93.1 cm³/mol. The first-order chi connectivity index (χ1) is 13.7.